The molecule has 0 radical (unpaired) electrons. The molecule has 3 heteroatoms. The summed E-state index contributed by atoms with van der Waals surface area (Å²) in [6, 6.07) is 15.3. The van der Waals surface area contributed by atoms with Gasteiger partial charge in [0.2, 0.25) is 0 Å². The van der Waals surface area contributed by atoms with Crippen molar-refractivity contribution in [3.8, 4) is 5.75 Å². The number of halogens is 1. The Kier molecular flexibility index (Phi) is 4.37. The molecule has 0 saturated carbocycles. The third-order valence-electron chi connectivity index (χ3n) is 2.36. The fourth-order valence-electron chi connectivity index (χ4n) is 1.52. The van der Waals surface area contributed by atoms with E-state index in [1.165, 1.54) is 0 Å². The highest BCUT2D eigenvalue weighted by Gasteiger charge is 1.94. The Balaban J connectivity index is 2.13. The molecule has 18 heavy (non-hydrogen) atoms. The van der Waals surface area contributed by atoms with Crippen molar-refractivity contribution in [1.29, 1.82) is 0 Å². The van der Waals surface area contributed by atoms with Gasteiger partial charge in [-0.3, -0.25) is 4.99 Å². The van der Waals surface area contributed by atoms with E-state index in [0.29, 0.717) is 6.61 Å². The summed E-state index contributed by atoms with van der Waals surface area (Å²) < 4.78 is 5.42. The van der Waals surface area contributed by atoms with Crippen LogP contribution in [-0.4, -0.2) is 12.8 Å². The quantitative estimate of drug-likeness (QED) is 0.742. The van der Waals surface area contributed by atoms with Gasteiger partial charge in [0.15, 0.2) is 0 Å². The molecule has 92 valence electrons. The van der Waals surface area contributed by atoms with E-state index in [-0.39, 0.29) is 0 Å². The number of aliphatic imine (C=N–C) groups is 1. The van der Waals surface area contributed by atoms with Gasteiger partial charge in [0.05, 0.1) is 12.3 Å². The molecule has 2 aromatic carbocycles. The van der Waals surface area contributed by atoms with Crippen LogP contribution in [-0.2, 0) is 0 Å². The minimum atomic E-state index is 0.657. The van der Waals surface area contributed by atoms with Gasteiger partial charge in [-0.2, -0.15) is 0 Å². The van der Waals surface area contributed by atoms with Crippen molar-refractivity contribution in [3.05, 3.63) is 59.1 Å². The summed E-state index contributed by atoms with van der Waals surface area (Å²) >= 11 is 5.82. The second-order valence-corrected chi connectivity index (χ2v) is 4.18. The number of hydrogen-bond donors (Lipinski definition) is 0. The molecular formula is C15H14ClNO. The van der Waals surface area contributed by atoms with Crippen molar-refractivity contribution in [3.63, 3.8) is 0 Å². The summed E-state index contributed by atoms with van der Waals surface area (Å²) in [6.45, 7) is 2.62. The zero-order valence-corrected chi connectivity index (χ0v) is 10.9. The standard InChI is InChI=1S/C15H14ClNO/c1-2-18-15-5-3-4-14(10-15)17-11-12-6-8-13(16)9-7-12/h3-11H,2H2,1H3. The highest BCUT2D eigenvalue weighted by Crippen LogP contribution is 2.20. The lowest BCUT2D eigenvalue weighted by Crippen LogP contribution is -1.90. The molecular weight excluding hydrogens is 246 g/mol. The molecule has 0 aliphatic carbocycles. The number of nitrogens with zero attached hydrogens (tertiary/aromatic N) is 1. The van der Waals surface area contributed by atoms with Crippen molar-refractivity contribution in [2.45, 2.75) is 6.92 Å². The minimum absolute atomic E-state index is 0.657. The van der Waals surface area contributed by atoms with Crippen LogP contribution in [0.3, 0.4) is 0 Å². The van der Waals surface area contributed by atoms with E-state index >= 15 is 0 Å². The van der Waals surface area contributed by atoms with Gasteiger partial charge >= 0.3 is 0 Å². The molecule has 0 spiro atoms. The van der Waals surface area contributed by atoms with Crippen LogP contribution in [0.4, 0.5) is 5.69 Å². The van der Waals surface area contributed by atoms with E-state index in [9.17, 15) is 0 Å². The Morgan fingerprint density at radius 3 is 2.67 bits per heavy atom. The van der Waals surface area contributed by atoms with Crippen molar-refractivity contribution >= 4 is 23.5 Å². The first-order valence-corrected chi connectivity index (χ1v) is 6.18. The van der Waals surface area contributed by atoms with Crippen LogP contribution in [0.2, 0.25) is 5.02 Å². The van der Waals surface area contributed by atoms with Gasteiger partial charge < -0.3 is 4.74 Å². The Bertz CT molecular complexity index is 534. The van der Waals surface area contributed by atoms with E-state index in [1.807, 2.05) is 55.5 Å². The summed E-state index contributed by atoms with van der Waals surface area (Å²) in [5.74, 6) is 0.836. The van der Waals surface area contributed by atoms with Crippen LogP contribution in [0.5, 0.6) is 5.75 Å². The van der Waals surface area contributed by atoms with Gasteiger partial charge in [0.25, 0.3) is 0 Å². The maximum absolute atomic E-state index is 5.82. The number of rotatable bonds is 4. The molecule has 0 unspecified atom stereocenters. The average molecular weight is 260 g/mol. The van der Waals surface area contributed by atoms with Crippen LogP contribution in [0, 0.1) is 0 Å². The smallest absolute Gasteiger partial charge is 0.121 e. The van der Waals surface area contributed by atoms with Crippen molar-refractivity contribution in [2.24, 2.45) is 4.99 Å². The van der Waals surface area contributed by atoms with Gasteiger partial charge in [0.1, 0.15) is 5.75 Å². The van der Waals surface area contributed by atoms with Crippen LogP contribution >= 0.6 is 11.6 Å². The van der Waals surface area contributed by atoms with Crippen molar-refractivity contribution < 1.29 is 4.74 Å². The molecule has 0 heterocycles. The molecule has 2 rings (SSSR count). The number of ether oxygens (including phenoxy) is 1. The second-order valence-electron chi connectivity index (χ2n) is 3.74. The zero-order chi connectivity index (χ0) is 12.8. The molecule has 0 atom stereocenters. The molecule has 0 fully saturated rings. The van der Waals surface area contributed by atoms with Crippen LogP contribution < -0.4 is 4.74 Å². The molecule has 2 nitrogen and oxygen atoms in total. The summed E-state index contributed by atoms with van der Waals surface area (Å²) in [4.78, 5) is 4.40. The molecule has 0 saturated heterocycles. The number of benzene rings is 2. The summed E-state index contributed by atoms with van der Waals surface area (Å²) in [5.41, 5.74) is 1.89. The lowest BCUT2D eigenvalue weighted by Gasteiger charge is -2.02. The Hall–Kier alpha value is -1.80. The molecule has 0 N–H and O–H groups in total. The summed E-state index contributed by atoms with van der Waals surface area (Å²) in [7, 11) is 0. The lowest BCUT2D eigenvalue weighted by molar-refractivity contribution is 0.340. The maximum atomic E-state index is 5.82. The monoisotopic (exact) mass is 259 g/mol. The van der Waals surface area contributed by atoms with Gasteiger partial charge in [-0.1, -0.05) is 29.8 Å². The van der Waals surface area contributed by atoms with Crippen LogP contribution in [0.1, 0.15) is 12.5 Å². The van der Waals surface area contributed by atoms with E-state index in [2.05, 4.69) is 4.99 Å². The molecule has 0 amide bonds. The normalized spacial score (nSPS) is 10.8. The summed E-state index contributed by atoms with van der Waals surface area (Å²) in [5, 5.41) is 0.727. The minimum Gasteiger partial charge on any atom is -0.494 e. The average Bonchev–Trinajstić information content (AvgIpc) is 2.39. The van der Waals surface area contributed by atoms with E-state index in [1.54, 1.807) is 6.21 Å². The predicted octanol–water partition coefficient (Wildman–Crippen LogP) is 4.49. The van der Waals surface area contributed by atoms with Crippen molar-refractivity contribution in [1.82, 2.24) is 0 Å². The zero-order valence-electron chi connectivity index (χ0n) is 10.1. The Morgan fingerprint density at radius 1 is 1.17 bits per heavy atom. The molecule has 0 bridgehead atoms. The van der Waals surface area contributed by atoms with E-state index in [0.717, 1.165) is 22.0 Å². The fraction of sp³-hybridized carbons (Fsp3) is 0.133. The fourth-order valence-corrected chi connectivity index (χ4v) is 1.64. The first-order valence-electron chi connectivity index (χ1n) is 5.80. The molecule has 0 aliphatic rings. The van der Waals surface area contributed by atoms with Gasteiger partial charge in [-0.25, -0.2) is 0 Å². The summed E-state index contributed by atoms with van der Waals surface area (Å²) in [6.07, 6.45) is 1.81. The first-order chi connectivity index (χ1) is 8.78. The Labute approximate surface area is 112 Å². The predicted molar refractivity (Wildman–Crippen MR) is 76.3 cm³/mol. The van der Waals surface area contributed by atoms with Crippen LogP contribution in [0.25, 0.3) is 0 Å². The van der Waals surface area contributed by atoms with Gasteiger partial charge in [-0.05, 0) is 36.8 Å². The third-order valence-corrected chi connectivity index (χ3v) is 2.61. The first kappa shape index (κ1) is 12.7. The van der Waals surface area contributed by atoms with Gasteiger partial charge in [-0.15, -0.1) is 0 Å². The lowest BCUT2D eigenvalue weighted by atomic mass is 10.2. The molecule has 0 aliphatic heterocycles. The highest BCUT2D eigenvalue weighted by atomic mass is 35.5. The SMILES string of the molecule is CCOc1cccc(N=Cc2ccc(Cl)cc2)c1. The molecule has 2 aromatic rings. The topological polar surface area (TPSA) is 21.6 Å². The van der Waals surface area contributed by atoms with E-state index in [4.69, 9.17) is 16.3 Å². The number of hydrogen-bond acceptors (Lipinski definition) is 2. The maximum Gasteiger partial charge on any atom is 0.121 e. The van der Waals surface area contributed by atoms with E-state index < -0.39 is 0 Å². The van der Waals surface area contributed by atoms with Crippen molar-refractivity contribution in [2.75, 3.05) is 6.61 Å². The third kappa shape index (κ3) is 3.60. The Morgan fingerprint density at radius 2 is 1.94 bits per heavy atom. The van der Waals surface area contributed by atoms with Crippen LogP contribution in [0.15, 0.2) is 53.5 Å². The largest absolute Gasteiger partial charge is 0.494 e. The second kappa shape index (κ2) is 6.22. The highest BCUT2D eigenvalue weighted by molar-refractivity contribution is 6.30. The molecule has 0 aromatic heterocycles. The van der Waals surface area contributed by atoms with Gasteiger partial charge in [0, 0.05) is 17.3 Å².